The average Bonchev–Trinajstić information content (AvgIpc) is 2.46. The minimum Gasteiger partial charge on any atom is -0.496 e. The Morgan fingerprint density at radius 2 is 2.00 bits per heavy atom. The molecule has 1 atom stereocenters. The van der Waals surface area contributed by atoms with Crippen LogP contribution in [0.1, 0.15) is 38.4 Å². The highest BCUT2D eigenvalue weighted by Gasteiger charge is 2.19. The number of halogens is 1. The van der Waals surface area contributed by atoms with Crippen LogP contribution in [0.25, 0.3) is 0 Å². The molecule has 0 saturated carbocycles. The number of nitrogens with zero attached hydrogens (tertiary/aromatic N) is 1. The molecular weight excluding hydrogens is 273 g/mol. The molecule has 0 radical (unpaired) electrons. The van der Waals surface area contributed by atoms with Crippen molar-refractivity contribution < 1.29 is 19.3 Å². The summed E-state index contributed by atoms with van der Waals surface area (Å²) in [6, 6.07) is 4.85. The zero-order valence-corrected chi connectivity index (χ0v) is 13.1. The van der Waals surface area contributed by atoms with Crippen LogP contribution in [0.4, 0.5) is 4.39 Å². The zero-order valence-electron chi connectivity index (χ0n) is 13.1. The largest absolute Gasteiger partial charge is 0.496 e. The van der Waals surface area contributed by atoms with Crippen LogP contribution in [-0.4, -0.2) is 48.0 Å². The third kappa shape index (κ3) is 5.26. The van der Waals surface area contributed by atoms with Gasteiger partial charge in [0.15, 0.2) is 0 Å². The van der Waals surface area contributed by atoms with Crippen LogP contribution in [0, 0.1) is 5.82 Å². The van der Waals surface area contributed by atoms with E-state index in [1.807, 2.05) is 0 Å². The lowest BCUT2D eigenvalue weighted by Gasteiger charge is -2.27. The molecule has 2 N–H and O–H groups in total. The Kier molecular flexibility index (Phi) is 7.64. The predicted octanol–water partition coefficient (Wildman–Crippen LogP) is 2.35. The van der Waals surface area contributed by atoms with E-state index in [2.05, 4.69) is 18.7 Å². The first-order chi connectivity index (χ1) is 10.0. The van der Waals surface area contributed by atoms with Gasteiger partial charge in [-0.2, -0.15) is 0 Å². The number of aliphatic hydroxyl groups excluding tert-OH is 2. The van der Waals surface area contributed by atoms with Crippen LogP contribution < -0.4 is 4.74 Å². The molecule has 1 rings (SSSR count). The highest BCUT2D eigenvalue weighted by Crippen LogP contribution is 2.29. The van der Waals surface area contributed by atoms with Crippen LogP contribution in [0.15, 0.2) is 18.2 Å². The second-order valence-corrected chi connectivity index (χ2v) is 5.37. The van der Waals surface area contributed by atoms with Crippen molar-refractivity contribution in [2.24, 2.45) is 0 Å². The van der Waals surface area contributed by atoms with Gasteiger partial charge in [-0.1, -0.05) is 6.07 Å². The van der Waals surface area contributed by atoms with Gasteiger partial charge in [0, 0.05) is 25.7 Å². The normalized spacial score (nSPS) is 13.0. The second-order valence-electron chi connectivity index (χ2n) is 5.37. The van der Waals surface area contributed by atoms with E-state index >= 15 is 0 Å². The van der Waals surface area contributed by atoms with Gasteiger partial charge in [0.1, 0.15) is 11.6 Å². The zero-order chi connectivity index (χ0) is 15.8. The lowest BCUT2D eigenvalue weighted by atomic mass is 10.0. The summed E-state index contributed by atoms with van der Waals surface area (Å²) in [5.41, 5.74) is 0.214. The Bertz CT molecular complexity index is 426. The molecule has 0 bridgehead atoms. The molecular formula is C16H26FNO3. The standard InChI is InChI=1S/C16H26FNO3/c1-12(2)18(9-5-11-19)10-8-14(20)16-13(17)6-4-7-15(16)21-3/h4,6-7,12,14,19-20H,5,8-11H2,1-3H3. The van der Waals surface area contributed by atoms with Gasteiger partial charge < -0.3 is 19.8 Å². The molecule has 120 valence electrons. The summed E-state index contributed by atoms with van der Waals surface area (Å²) in [5.74, 6) is -0.0812. The van der Waals surface area contributed by atoms with Crippen molar-refractivity contribution in [1.29, 1.82) is 0 Å². The van der Waals surface area contributed by atoms with Gasteiger partial charge in [-0.3, -0.25) is 0 Å². The minimum absolute atomic E-state index is 0.146. The summed E-state index contributed by atoms with van der Waals surface area (Å²) >= 11 is 0. The van der Waals surface area contributed by atoms with Crippen LogP contribution in [-0.2, 0) is 0 Å². The molecule has 0 aromatic heterocycles. The van der Waals surface area contributed by atoms with Crippen molar-refractivity contribution in [2.45, 2.75) is 38.8 Å². The smallest absolute Gasteiger partial charge is 0.132 e. The lowest BCUT2D eigenvalue weighted by molar-refractivity contribution is 0.120. The van der Waals surface area contributed by atoms with E-state index in [9.17, 15) is 9.50 Å². The highest BCUT2D eigenvalue weighted by atomic mass is 19.1. The van der Waals surface area contributed by atoms with Crippen molar-refractivity contribution >= 4 is 0 Å². The van der Waals surface area contributed by atoms with Crippen molar-refractivity contribution in [3.05, 3.63) is 29.6 Å². The third-order valence-electron chi connectivity index (χ3n) is 3.59. The first-order valence-corrected chi connectivity index (χ1v) is 7.36. The molecule has 1 aromatic carbocycles. The molecule has 0 aliphatic carbocycles. The first-order valence-electron chi connectivity index (χ1n) is 7.36. The summed E-state index contributed by atoms with van der Waals surface area (Å²) < 4.78 is 19.0. The number of rotatable bonds is 9. The molecule has 0 aliphatic heterocycles. The molecule has 0 saturated heterocycles. The molecule has 21 heavy (non-hydrogen) atoms. The van der Waals surface area contributed by atoms with E-state index in [1.165, 1.54) is 13.2 Å². The van der Waals surface area contributed by atoms with Crippen LogP contribution >= 0.6 is 0 Å². The molecule has 5 heteroatoms. The van der Waals surface area contributed by atoms with E-state index in [-0.39, 0.29) is 12.2 Å². The molecule has 0 fully saturated rings. The fourth-order valence-corrected chi connectivity index (χ4v) is 2.35. The summed E-state index contributed by atoms with van der Waals surface area (Å²) in [5, 5.41) is 19.2. The number of benzene rings is 1. The Hall–Kier alpha value is -1.17. The van der Waals surface area contributed by atoms with Gasteiger partial charge in [0.2, 0.25) is 0 Å². The van der Waals surface area contributed by atoms with Crippen molar-refractivity contribution in [3.8, 4) is 5.75 Å². The molecule has 4 nitrogen and oxygen atoms in total. The van der Waals surface area contributed by atoms with Gasteiger partial charge in [-0.25, -0.2) is 4.39 Å². The van der Waals surface area contributed by atoms with Crippen molar-refractivity contribution in [3.63, 3.8) is 0 Å². The fraction of sp³-hybridized carbons (Fsp3) is 0.625. The number of hydrogen-bond acceptors (Lipinski definition) is 4. The van der Waals surface area contributed by atoms with E-state index < -0.39 is 11.9 Å². The maximum absolute atomic E-state index is 13.9. The van der Waals surface area contributed by atoms with Gasteiger partial charge in [-0.05, 0) is 38.8 Å². The second kappa shape index (κ2) is 8.97. The Morgan fingerprint density at radius 3 is 2.57 bits per heavy atom. The highest BCUT2D eigenvalue weighted by molar-refractivity contribution is 5.36. The number of hydrogen-bond donors (Lipinski definition) is 2. The van der Waals surface area contributed by atoms with Crippen LogP contribution in [0.2, 0.25) is 0 Å². The lowest BCUT2D eigenvalue weighted by Crippen LogP contribution is -2.34. The van der Waals surface area contributed by atoms with E-state index in [4.69, 9.17) is 9.84 Å². The number of aliphatic hydroxyl groups is 2. The molecule has 0 aliphatic rings. The van der Waals surface area contributed by atoms with E-state index in [0.29, 0.717) is 31.2 Å². The SMILES string of the molecule is COc1cccc(F)c1C(O)CCN(CCCO)C(C)C. The van der Waals surface area contributed by atoms with Crippen molar-refractivity contribution in [2.75, 3.05) is 26.8 Å². The Labute approximate surface area is 126 Å². The van der Waals surface area contributed by atoms with Crippen LogP contribution in [0.3, 0.4) is 0 Å². The minimum atomic E-state index is -0.906. The summed E-state index contributed by atoms with van der Waals surface area (Å²) in [4.78, 5) is 2.16. The quantitative estimate of drug-likeness (QED) is 0.735. The van der Waals surface area contributed by atoms with Gasteiger partial charge in [0.25, 0.3) is 0 Å². The fourth-order valence-electron chi connectivity index (χ4n) is 2.35. The predicted molar refractivity (Wildman–Crippen MR) is 80.9 cm³/mol. The number of methoxy groups -OCH3 is 1. The molecule has 0 heterocycles. The van der Waals surface area contributed by atoms with Crippen LogP contribution in [0.5, 0.6) is 5.75 Å². The van der Waals surface area contributed by atoms with Gasteiger partial charge in [-0.15, -0.1) is 0 Å². The number of ether oxygens (including phenoxy) is 1. The summed E-state index contributed by atoms with van der Waals surface area (Å²) in [7, 11) is 1.46. The topological polar surface area (TPSA) is 52.9 Å². The molecule has 0 amide bonds. The summed E-state index contributed by atoms with van der Waals surface area (Å²) in [6.07, 6.45) is 0.203. The first kappa shape index (κ1) is 17.9. The Balaban J connectivity index is 2.70. The molecule has 1 aromatic rings. The van der Waals surface area contributed by atoms with E-state index in [1.54, 1.807) is 12.1 Å². The maximum Gasteiger partial charge on any atom is 0.132 e. The Morgan fingerprint density at radius 1 is 1.29 bits per heavy atom. The van der Waals surface area contributed by atoms with Gasteiger partial charge >= 0.3 is 0 Å². The van der Waals surface area contributed by atoms with E-state index in [0.717, 1.165) is 6.54 Å². The maximum atomic E-state index is 13.9. The molecule has 0 spiro atoms. The van der Waals surface area contributed by atoms with Gasteiger partial charge in [0.05, 0.1) is 18.8 Å². The third-order valence-corrected chi connectivity index (χ3v) is 3.59. The summed E-state index contributed by atoms with van der Waals surface area (Å²) in [6.45, 7) is 5.67. The molecule has 1 unspecified atom stereocenters. The van der Waals surface area contributed by atoms with Crippen molar-refractivity contribution in [1.82, 2.24) is 4.90 Å². The monoisotopic (exact) mass is 299 g/mol. The average molecular weight is 299 g/mol.